The topological polar surface area (TPSA) is 68.9 Å². The number of hydrogen-bond donors (Lipinski definition) is 2. The van der Waals surface area contributed by atoms with Crippen molar-refractivity contribution in [2.24, 2.45) is 10.8 Å². The minimum atomic E-state index is -0.138. The van der Waals surface area contributed by atoms with Gasteiger partial charge in [0.15, 0.2) is 0 Å². The third-order valence-corrected chi connectivity index (χ3v) is 1.67. The van der Waals surface area contributed by atoms with E-state index < -0.39 is 0 Å². The summed E-state index contributed by atoms with van der Waals surface area (Å²) in [5.74, 6) is 6.00. The molecule has 0 spiro atoms. The number of hydrogen-bond acceptors (Lipinski definition) is 4. The molecule has 1 heterocycles. The van der Waals surface area contributed by atoms with E-state index in [0.29, 0.717) is 25.7 Å². The van der Waals surface area contributed by atoms with Crippen LogP contribution in [-0.4, -0.2) is 37.8 Å². The van der Waals surface area contributed by atoms with Gasteiger partial charge in [0, 0.05) is 6.04 Å². The van der Waals surface area contributed by atoms with Crippen molar-refractivity contribution in [1.82, 2.24) is 5.43 Å². The normalized spacial score (nSPS) is 24.9. The Morgan fingerprint density at radius 3 is 2.77 bits per heavy atom. The second-order valence-corrected chi connectivity index (χ2v) is 3.19. The van der Waals surface area contributed by atoms with Gasteiger partial charge in [0.1, 0.15) is 11.9 Å². The summed E-state index contributed by atoms with van der Waals surface area (Å²) in [4.78, 5) is 4.29. The van der Waals surface area contributed by atoms with Gasteiger partial charge in [0.05, 0.1) is 19.8 Å². The van der Waals surface area contributed by atoms with Crippen LogP contribution in [0.5, 0.6) is 0 Å². The quantitative estimate of drug-likeness (QED) is 0.269. The van der Waals surface area contributed by atoms with Gasteiger partial charge in [-0.15, -0.1) is 0 Å². The molecule has 1 aliphatic rings. The van der Waals surface area contributed by atoms with Gasteiger partial charge >= 0.3 is 0 Å². The Kier molecular flexibility index (Phi) is 4.14. The van der Waals surface area contributed by atoms with Gasteiger partial charge in [-0.05, 0) is 13.8 Å². The van der Waals surface area contributed by atoms with Gasteiger partial charge in [-0.3, -0.25) is 4.99 Å². The molecule has 0 aromatic carbocycles. The summed E-state index contributed by atoms with van der Waals surface area (Å²) in [5, 5.41) is 0. The van der Waals surface area contributed by atoms with Crippen molar-refractivity contribution in [1.29, 1.82) is 0 Å². The Balaban J connectivity index is 2.53. The van der Waals surface area contributed by atoms with Crippen LogP contribution < -0.4 is 11.3 Å². The molecule has 0 aliphatic carbocycles. The average Bonchev–Trinajstić information content (AvgIpc) is 2.15. The highest BCUT2D eigenvalue weighted by Gasteiger charge is 2.19. The molecule has 1 atom stereocenters. The molecule has 1 saturated heterocycles. The van der Waals surface area contributed by atoms with E-state index in [1.807, 2.05) is 13.8 Å². The molecule has 0 aromatic heterocycles. The third-order valence-electron chi connectivity index (χ3n) is 1.67. The molecule has 0 saturated carbocycles. The number of amidine groups is 1. The van der Waals surface area contributed by atoms with Gasteiger partial charge in [-0.1, -0.05) is 0 Å². The monoisotopic (exact) mass is 187 g/mol. The second kappa shape index (κ2) is 5.16. The summed E-state index contributed by atoms with van der Waals surface area (Å²) < 4.78 is 10.7. The first-order valence-corrected chi connectivity index (χ1v) is 4.47. The van der Waals surface area contributed by atoms with E-state index >= 15 is 0 Å². The summed E-state index contributed by atoms with van der Waals surface area (Å²) in [7, 11) is 0. The summed E-state index contributed by atoms with van der Waals surface area (Å²) in [6, 6.07) is 0.205. The van der Waals surface area contributed by atoms with E-state index in [2.05, 4.69) is 10.4 Å². The number of ether oxygens (including phenoxy) is 2. The number of nitrogens with zero attached hydrogens (tertiary/aromatic N) is 1. The summed E-state index contributed by atoms with van der Waals surface area (Å²) >= 11 is 0. The van der Waals surface area contributed by atoms with E-state index in [1.54, 1.807) is 0 Å². The highest BCUT2D eigenvalue weighted by atomic mass is 16.6. The zero-order chi connectivity index (χ0) is 9.68. The van der Waals surface area contributed by atoms with Crippen molar-refractivity contribution in [3.8, 4) is 0 Å². The SMILES string of the molecule is CC(C)N=C(NN)C1COCCO1. The summed E-state index contributed by atoms with van der Waals surface area (Å²) in [6.07, 6.45) is -0.138. The standard InChI is InChI=1S/C8H17N3O2/c1-6(2)10-8(11-9)7-5-12-3-4-13-7/h6-7H,3-5,9H2,1-2H3,(H,10,11). The molecule has 0 bridgehead atoms. The number of aliphatic imine (C=N–C) groups is 1. The van der Waals surface area contributed by atoms with Crippen LogP contribution in [0.15, 0.2) is 4.99 Å². The lowest BCUT2D eigenvalue weighted by Crippen LogP contribution is -2.46. The van der Waals surface area contributed by atoms with Crippen molar-refractivity contribution < 1.29 is 9.47 Å². The number of rotatable bonds is 2. The predicted octanol–water partition coefficient (Wildman–Crippen LogP) is -0.328. The molecule has 5 heteroatoms. The first kappa shape index (κ1) is 10.4. The maximum atomic E-state index is 5.43. The van der Waals surface area contributed by atoms with Crippen LogP contribution in [0.2, 0.25) is 0 Å². The van der Waals surface area contributed by atoms with E-state index in [0.717, 1.165) is 0 Å². The van der Waals surface area contributed by atoms with E-state index in [1.165, 1.54) is 0 Å². The lowest BCUT2D eigenvalue weighted by atomic mass is 10.3. The third kappa shape index (κ3) is 3.30. The molecule has 0 aromatic rings. The maximum Gasteiger partial charge on any atom is 0.143 e. The van der Waals surface area contributed by atoms with Crippen molar-refractivity contribution in [2.45, 2.75) is 26.0 Å². The minimum Gasteiger partial charge on any atom is -0.376 e. The predicted molar refractivity (Wildman–Crippen MR) is 50.5 cm³/mol. The van der Waals surface area contributed by atoms with E-state index in [9.17, 15) is 0 Å². The van der Waals surface area contributed by atoms with Gasteiger partial charge in [-0.2, -0.15) is 0 Å². The number of hydrazine groups is 1. The summed E-state index contributed by atoms with van der Waals surface area (Å²) in [6.45, 7) is 5.75. The van der Waals surface area contributed by atoms with Gasteiger partial charge in [0.25, 0.3) is 0 Å². The molecular formula is C8H17N3O2. The van der Waals surface area contributed by atoms with Crippen LogP contribution in [0.3, 0.4) is 0 Å². The zero-order valence-electron chi connectivity index (χ0n) is 8.12. The van der Waals surface area contributed by atoms with Crippen molar-refractivity contribution >= 4 is 5.84 Å². The fraction of sp³-hybridized carbons (Fsp3) is 0.875. The minimum absolute atomic E-state index is 0.138. The summed E-state index contributed by atoms with van der Waals surface area (Å²) in [5.41, 5.74) is 2.55. The molecular weight excluding hydrogens is 170 g/mol. The Labute approximate surface area is 78.3 Å². The largest absolute Gasteiger partial charge is 0.376 e. The molecule has 1 fully saturated rings. The van der Waals surface area contributed by atoms with Gasteiger partial charge in [0.2, 0.25) is 0 Å². The Morgan fingerprint density at radius 1 is 1.54 bits per heavy atom. The molecule has 1 aliphatic heterocycles. The van der Waals surface area contributed by atoms with Crippen molar-refractivity contribution in [3.63, 3.8) is 0 Å². The molecule has 0 radical (unpaired) electrons. The lowest BCUT2D eigenvalue weighted by molar-refractivity contribution is -0.0606. The van der Waals surface area contributed by atoms with Crippen LogP contribution in [0.4, 0.5) is 0 Å². The van der Waals surface area contributed by atoms with Crippen molar-refractivity contribution in [2.75, 3.05) is 19.8 Å². The van der Waals surface area contributed by atoms with E-state index in [4.69, 9.17) is 15.3 Å². The maximum absolute atomic E-state index is 5.43. The fourth-order valence-electron chi connectivity index (χ4n) is 1.14. The van der Waals surface area contributed by atoms with Crippen molar-refractivity contribution in [3.05, 3.63) is 0 Å². The number of nitrogens with two attached hydrogens (primary N) is 1. The first-order chi connectivity index (χ1) is 6.24. The molecule has 0 amide bonds. The molecule has 5 nitrogen and oxygen atoms in total. The lowest BCUT2D eigenvalue weighted by Gasteiger charge is -2.24. The zero-order valence-corrected chi connectivity index (χ0v) is 8.12. The number of nitrogens with one attached hydrogen (secondary N) is 1. The smallest absolute Gasteiger partial charge is 0.143 e. The van der Waals surface area contributed by atoms with Crippen LogP contribution >= 0.6 is 0 Å². The van der Waals surface area contributed by atoms with Gasteiger partial charge < -0.3 is 14.9 Å². The highest BCUT2D eigenvalue weighted by Crippen LogP contribution is 2.02. The first-order valence-electron chi connectivity index (χ1n) is 4.47. The average molecular weight is 187 g/mol. The van der Waals surface area contributed by atoms with Crippen LogP contribution in [0.1, 0.15) is 13.8 Å². The van der Waals surface area contributed by atoms with Crippen LogP contribution in [0, 0.1) is 0 Å². The van der Waals surface area contributed by atoms with Crippen LogP contribution in [-0.2, 0) is 9.47 Å². The molecule has 1 rings (SSSR count). The molecule has 3 N–H and O–H groups in total. The van der Waals surface area contributed by atoms with Crippen LogP contribution in [0.25, 0.3) is 0 Å². The van der Waals surface area contributed by atoms with Gasteiger partial charge in [-0.25, -0.2) is 5.84 Å². The van der Waals surface area contributed by atoms with E-state index in [-0.39, 0.29) is 12.1 Å². The molecule has 1 unspecified atom stereocenters. The Hall–Kier alpha value is -0.650. The molecule has 13 heavy (non-hydrogen) atoms. The fourth-order valence-corrected chi connectivity index (χ4v) is 1.14. The molecule has 76 valence electrons. The second-order valence-electron chi connectivity index (χ2n) is 3.19. The Morgan fingerprint density at radius 2 is 2.31 bits per heavy atom. The Bertz CT molecular complexity index is 176. The highest BCUT2D eigenvalue weighted by molar-refractivity contribution is 5.86.